The van der Waals surface area contributed by atoms with Crippen LogP contribution in [-0.4, -0.2) is 35.0 Å². The van der Waals surface area contributed by atoms with Gasteiger partial charge in [0.2, 0.25) is 0 Å². The number of ether oxygens (including phenoxy) is 2. The first-order valence-electron chi connectivity index (χ1n) is 5.09. The van der Waals surface area contributed by atoms with Crippen molar-refractivity contribution in [2.45, 2.75) is 57.0 Å². The number of hydrogen-bond donors (Lipinski definition) is 1. The van der Waals surface area contributed by atoms with Crippen molar-refractivity contribution in [1.82, 2.24) is 0 Å². The van der Waals surface area contributed by atoms with Crippen molar-refractivity contribution in [3.05, 3.63) is 0 Å². The van der Waals surface area contributed by atoms with Crippen LogP contribution in [0.15, 0.2) is 0 Å². The van der Waals surface area contributed by atoms with Gasteiger partial charge >= 0.3 is 5.97 Å². The van der Waals surface area contributed by atoms with Gasteiger partial charge in [0.05, 0.1) is 17.8 Å². The number of carboxylic acids is 1. The Morgan fingerprint density at radius 1 is 1.50 bits per heavy atom. The molecule has 0 aliphatic carbocycles. The van der Waals surface area contributed by atoms with Gasteiger partial charge in [0.15, 0.2) is 6.10 Å². The highest BCUT2D eigenvalue weighted by Crippen LogP contribution is 2.43. The van der Waals surface area contributed by atoms with E-state index in [2.05, 4.69) is 0 Å². The topological polar surface area (TPSA) is 55.8 Å². The Balaban J connectivity index is 2.09. The predicted octanol–water partition coefficient (Wildman–Crippen LogP) is 1.19. The monoisotopic (exact) mass is 200 g/mol. The third-order valence-corrected chi connectivity index (χ3v) is 3.29. The van der Waals surface area contributed by atoms with E-state index in [9.17, 15) is 4.79 Å². The fraction of sp³-hybridized carbons (Fsp3) is 0.900. The van der Waals surface area contributed by atoms with Crippen molar-refractivity contribution in [2.75, 3.05) is 0 Å². The molecule has 0 saturated carbocycles. The highest BCUT2D eigenvalue weighted by molar-refractivity contribution is 5.72. The van der Waals surface area contributed by atoms with Gasteiger partial charge in [-0.2, -0.15) is 0 Å². The third kappa shape index (κ3) is 1.42. The molecule has 4 atom stereocenters. The Labute approximate surface area is 83.2 Å². The molecule has 14 heavy (non-hydrogen) atoms. The molecular weight excluding hydrogens is 184 g/mol. The first kappa shape index (κ1) is 9.93. The van der Waals surface area contributed by atoms with Gasteiger partial charge in [-0.05, 0) is 26.7 Å². The van der Waals surface area contributed by atoms with E-state index in [1.165, 1.54) is 0 Å². The Morgan fingerprint density at radius 3 is 2.64 bits per heavy atom. The molecule has 0 radical (unpaired) electrons. The van der Waals surface area contributed by atoms with Gasteiger partial charge in [0.25, 0.3) is 0 Å². The van der Waals surface area contributed by atoms with Crippen LogP contribution in [0.1, 0.15) is 33.1 Å². The van der Waals surface area contributed by atoms with Crippen molar-refractivity contribution in [1.29, 1.82) is 0 Å². The van der Waals surface area contributed by atoms with Crippen LogP contribution in [0.2, 0.25) is 0 Å². The van der Waals surface area contributed by atoms with E-state index < -0.39 is 12.1 Å². The smallest absolute Gasteiger partial charge is 0.332 e. The summed E-state index contributed by atoms with van der Waals surface area (Å²) in [6, 6.07) is 0. The molecule has 0 aromatic carbocycles. The molecule has 2 aliphatic heterocycles. The molecule has 2 heterocycles. The van der Waals surface area contributed by atoms with Crippen molar-refractivity contribution in [3.63, 3.8) is 0 Å². The molecule has 4 nitrogen and oxygen atoms in total. The number of aliphatic carboxylic acids is 1. The molecule has 2 fully saturated rings. The molecule has 0 amide bonds. The summed E-state index contributed by atoms with van der Waals surface area (Å²) < 4.78 is 11.2. The summed E-state index contributed by atoms with van der Waals surface area (Å²) in [6.45, 7) is 3.97. The van der Waals surface area contributed by atoms with E-state index in [-0.39, 0.29) is 17.8 Å². The van der Waals surface area contributed by atoms with Gasteiger partial charge in [0.1, 0.15) is 0 Å². The van der Waals surface area contributed by atoms with E-state index >= 15 is 0 Å². The first-order valence-corrected chi connectivity index (χ1v) is 5.09. The summed E-state index contributed by atoms with van der Waals surface area (Å²) in [5, 5.41) is 8.84. The SMILES string of the molecule is CC1CC2(CCC(C(=O)O)O2)C(C)O1. The van der Waals surface area contributed by atoms with Crippen LogP contribution >= 0.6 is 0 Å². The summed E-state index contributed by atoms with van der Waals surface area (Å²) >= 11 is 0. The zero-order valence-electron chi connectivity index (χ0n) is 8.53. The predicted molar refractivity (Wildman–Crippen MR) is 49.1 cm³/mol. The van der Waals surface area contributed by atoms with Gasteiger partial charge in [-0.25, -0.2) is 4.79 Å². The van der Waals surface area contributed by atoms with E-state index in [1.807, 2.05) is 13.8 Å². The maximum absolute atomic E-state index is 10.8. The lowest BCUT2D eigenvalue weighted by molar-refractivity contribution is -0.157. The molecule has 0 bridgehead atoms. The van der Waals surface area contributed by atoms with Gasteiger partial charge in [-0.3, -0.25) is 0 Å². The summed E-state index contributed by atoms with van der Waals surface area (Å²) in [7, 11) is 0. The largest absolute Gasteiger partial charge is 0.479 e. The second-order valence-electron chi connectivity index (χ2n) is 4.34. The van der Waals surface area contributed by atoms with Crippen LogP contribution in [0.4, 0.5) is 0 Å². The van der Waals surface area contributed by atoms with Gasteiger partial charge in [0, 0.05) is 6.42 Å². The summed E-state index contributed by atoms with van der Waals surface area (Å²) in [5.41, 5.74) is -0.331. The molecule has 80 valence electrons. The molecule has 2 rings (SSSR count). The molecule has 4 heteroatoms. The van der Waals surface area contributed by atoms with Gasteiger partial charge in [-0.15, -0.1) is 0 Å². The van der Waals surface area contributed by atoms with Crippen LogP contribution in [0.5, 0.6) is 0 Å². The lowest BCUT2D eigenvalue weighted by atomic mass is 9.91. The van der Waals surface area contributed by atoms with Crippen LogP contribution in [-0.2, 0) is 14.3 Å². The van der Waals surface area contributed by atoms with Crippen molar-refractivity contribution >= 4 is 5.97 Å². The van der Waals surface area contributed by atoms with Crippen molar-refractivity contribution in [3.8, 4) is 0 Å². The van der Waals surface area contributed by atoms with Crippen LogP contribution in [0.25, 0.3) is 0 Å². The molecule has 1 N–H and O–H groups in total. The zero-order valence-corrected chi connectivity index (χ0v) is 8.53. The van der Waals surface area contributed by atoms with Gasteiger partial charge in [-0.1, -0.05) is 0 Å². The molecule has 0 aromatic rings. The molecule has 1 spiro atoms. The average Bonchev–Trinajstić information content (AvgIpc) is 2.59. The van der Waals surface area contributed by atoms with E-state index in [1.54, 1.807) is 0 Å². The zero-order chi connectivity index (χ0) is 10.3. The number of hydrogen-bond acceptors (Lipinski definition) is 3. The summed E-state index contributed by atoms with van der Waals surface area (Å²) in [5.74, 6) is -0.853. The number of rotatable bonds is 1. The van der Waals surface area contributed by atoms with Crippen LogP contribution in [0, 0.1) is 0 Å². The Bertz CT molecular complexity index is 253. The molecule has 0 aromatic heterocycles. The summed E-state index contributed by atoms with van der Waals surface area (Å²) in [6.07, 6.45) is 1.79. The van der Waals surface area contributed by atoms with Crippen molar-refractivity contribution in [2.24, 2.45) is 0 Å². The van der Waals surface area contributed by atoms with Crippen molar-refractivity contribution < 1.29 is 19.4 Å². The maximum Gasteiger partial charge on any atom is 0.332 e. The minimum absolute atomic E-state index is 0.0156. The fourth-order valence-corrected chi connectivity index (χ4v) is 2.57. The minimum atomic E-state index is -0.853. The third-order valence-electron chi connectivity index (χ3n) is 3.29. The second kappa shape index (κ2) is 3.21. The molecule has 2 aliphatic rings. The first-order chi connectivity index (χ1) is 6.53. The van der Waals surface area contributed by atoms with Crippen LogP contribution in [0.3, 0.4) is 0 Å². The Hall–Kier alpha value is -0.610. The summed E-state index contributed by atoms with van der Waals surface area (Å²) in [4.78, 5) is 10.8. The second-order valence-corrected chi connectivity index (χ2v) is 4.34. The highest BCUT2D eigenvalue weighted by atomic mass is 16.6. The quantitative estimate of drug-likeness (QED) is 0.690. The van der Waals surface area contributed by atoms with Crippen LogP contribution < -0.4 is 0 Å². The minimum Gasteiger partial charge on any atom is -0.479 e. The van der Waals surface area contributed by atoms with E-state index in [4.69, 9.17) is 14.6 Å². The Morgan fingerprint density at radius 2 is 2.21 bits per heavy atom. The van der Waals surface area contributed by atoms with Gasteiger partial charge < -0.3 is 14.6 Å². The highest BCUT2D eigenvalue weighted by Gasteiger charge is 2.52. The number of carbonyl (C=O) groups is 1. The van der Waals surface area contributed by atoms with E-state index in [0.29, 0.717) is 6.42 Å². The molecular formula is C10H16O4. The molecule has 2 saturated heterocycles. The normalized spacial score (nSPS) is 47.4. The fourth-order valence-electron chi connectivity index (χ4n) is 2.57. The lowest BCUT2D eigenvalue weighted by Gasteiger charge is -2.26. The van der Waals surface area contributed by atoms with E-state index in [0.717, 1.165) is 12.8 Å². The standard InChI is InChI=1S/C10H16O4/c1-6-5-10(7(2)13-6)4-3-8(14-10)9(11)12/h6-8H,3-5H2,1-2H3,(H,11,12). The average molecular weight is 200 g/mol. The maximum atomic E-state index is 10.8. The molecule has 4 unspecified atom stereocenters. The number of carboxylic acid groups (broad SMARTS) is 1. The Kier molecular flexibility index (Phi) is 2.27. The lowest BCUT2D eigenvalue weighted by Crippen LogP contribution is -2.37.